The average molecular weight is 292 g/mol. The van der Waals surface area contributed by atoms with E-state index in [0.717, 1.165) is 12.8 Å². The van der Waals surface area contributed by atoms with Crippen LogP contribution in [-0.2, 0) is 0 Å². The van der Waals surface area contributed by atoms with Crippen LogP contribution in [0.3, 0.4) is 0 Å². The van der Waals surface area contributed by atoms with Crippen molar-refractivity contribution in [3.05, 3.63) is 35.6 Å². The normalized spacial score (nSPS) is 16.1. The molecule has 1 unspecified atom stereocenters. The minimum absolute atomic E-state index is 0.0552. The van der Waals surface area contributed by atoms with Crippen LogP contribution in [0.1, 0.15) is 36.2 Å². The summed E-state index contributed by atoms with van der Waals surface area (Å²) in [6.45, 7) is 1.81. The maximum Gasteiger partial charge on any atom is 0.210 e. The van der Waals surface area contributed by atoms with Crippen molar-refractivity contribution in [2.45, 2.75) is 36.2 Å². The predicted molar refractivity (Wildman–Crippen MR) is 72.1 cm³/mol. The molecule has 1 fully saturated rings. The van der Waals surface area contributed by atoms with Gasteiger partial charge in [-0.25, -0.2) is 9.07 Å². The molecule has 0 saturated heterocycles. The number of thioether (sulfide) groups is 1. The minimum Gasteiger partial charge on any atom is -0.293 e. The second kappa shape index (κ2) is 5.32. The summed E-state index contributed by atoms with van der Waals surface area (Å²) in [6, 6.07) is 5.95. The Labute approximate surface area is 119 Å². The van der Waals surface area contributed by atoms with Crippen LogP contribution in [-0.4, -0.2) is 31.2 Å². The van der Waals surface area contributed by atoms with Crippen molar-refractivity contribution < 1.29 is 9.18 Å². The topological polar surface area (TPSA) is 60.7 Å². The highest BCUT2D eigenvalue weighted by Crippen LogP contribution is 2.37. The first-order valence-corrected chi connectivity index (χ1v) is 7.27. The number of tetrazole rings is 1. The third-order valence-electron chi connectivity index (χ3n) is 3.14. The molecule has 1 heterocycles. The fourth-order valence-corrected chi connectivity index (χ4v) is 2.81. The van der Waals surface area contributed by atoms with E-state index in [2.05, 4.69) is 15.5 Å². The van der Waals surface area contributed by atoms with Crippen LogP contribution >= 0.6 is 11.8 Å². The van der Waals surface area contributed by atoms with E-state index in [9.17, 15) is 9.18 Å². The smallest absolute Gasteiger partial charge is 0.210 e. The number of carbonyl (C=O) groups is 1. The van der Waals surface area contributed by atoms with E-state index in [1.54, 1.807) is 4.68 Å². The van der Waals surface area contributed by atoms with Gasteiger partial charge in [-0.05, 0) is 54.5 Å². The molecule has 3 rings (SSSR count). The van der Waals surface area contributed by atoms with Gasteiger partial charge in [0.15, 0.2) is 5.78 Å². The van der Waals surface area contributed by atoms with Crippen LogP contribution in [0, 0.1) is 5.82 Å². The molecule has 5 nitrogen and oxygen atoms in total. The molecular formula is C13H13FN4OS. The summed E-state index contributed by atoms with van der Waals surface area (Å²) in [6.07, 6.45) is 2.16. The van der Waals surface area contributed by atoms with E-state index >= 15 is 0 Å². The van der Waals surface area contributed by atoms with Crippen LogP contribution in [0.15, 0.2) is 29.4 Å². The van der Waals surface area contributed by atoms with Crippen molar-refractivity contribution in [1.82, 2.24) is 20.2 Å². The number of ketones is 1. The van der Waals surface area contributed by atoms with Crippen LogP contribution < -0.4 is 0 Å². The van der Waals surface area contributed by atoms with E-state index in [4.69, 9.17) is 0 Å². The van der Waals surface area contributed by atoms with Crippen molar-refractivity contribution >= 4 is 17.5 Å². The first-order chi connectivity index (χ1) is 9.65. The zero-order chi connectivity index (χ0) is 14.1. The maximum absolute atomic E-state index is 12.9. The van der Waals surface area contributed by atoms with Gasteiger partial charge in [-0.2, -0.15) is 0 Å². The number of carbonyl (C=O) groups excluding carboxylic acids is 1. The molecule has 0 N–H and O–H groups in total. The van der Waals surface area contributed by atoms with E-state index < -0.39 is 0 Å². The largest absolute Gasteiger partial charge is 0.293 e. The van der Waals surface area contributed by atoms with Gasteiger partial charge in [0, 0.05) is 5.56 Å². The number of hydrogen-bond acceptors (Lipinski definition) is 5. The van der Waals surface area contributed by atoms with Crippen LogP contribution in [0.25, 0.3) is 0 Å². The van der Waals surface area contributed by atoms with E-state index in [0.29, 0.717) is 16.8 Å². The Hall–Kier alpha value is -1.76. The molecule has 0 amide bonds. The molecule has 1 aromatic carbocycles. The predicted octanol–water partition coefficient (Wildman–Crippen LogP) is 2.51. The van der Waals surface area contributed by atoms with Crippen LogP contribution in [0.4, 0.5) is 4.39 Å². The lowest BCUT2D eigenvalue weighted by Crippen LogP contribution is -2.14. The molecule has 104 valence electrons. The summed E-state index contributed by atoms with van der Waals surface area (Å²) in [4.78, 5) is 12.3. The Morgan fingerprint density at radius 3 is 2.75 bits per heavy atom. The van der Waals surface area contributed by atoms with Crippen molar-refractivity contribution in [2.75, 3.05) is 0 Å². The summed E-state index contributed by atoms with van der Waals surface area (Å²) in [7, 11) is 0. The lowest BCUT2D eigenvalue weighted by molar-refractivity contribution is 0.0994. The standard InChI is InChI=1S/C13H13FN4OS/c1-8(12(19)9-2-4-10(14)5-3-9)20-13-15-16-17-18(13)11-6-7-11/h2-5,8,11H,6-7H2,1H3. The maximum atomic E-state index is 12.9. The van der Waals surface area contributed by atoms with Crippen LogP contribution in [0.5, 0.6) is 0 Å². The molecule has 1 aliphatic carbocycles. The molecule has 20 heavy (non-hydrogen) atoms. The van der Waals surface area contributed by atoms with Gasteiger partial charge in [0.2, 0.25) is 5.16 Å². The van der Waals surface area contributed by atoms with Gasteiger partial charge in [-0.1, -0.05) is 11.8 Å². The summed E-state index contributed by atoms with van der Waals surface area (Å²) in [5.41, 5.74) is 0.497. The summed E-state index contributed by atoms with van der Waals surface area (Å²) in [5, 5.41) is 11.9. The molecule has 1 aromatic heterocycles. The fourth-order valence-electron chi connectivity index (χ4n) is 1.87. The number of Topliss-reactive ketones (excluding diaryl/α,β-unsaturated/α-hetero) is 1. The van der Waals surface area contributed by atoms with Crippen molar-refractivity contribution in [2.24, 2.45) is 0 Å². The van der Waals surface area contributed by atoms with Gasteiger partial charge >= 0.3 is 0 Å². The Morgan fingerprint density at radius 2 is 2.10 bits per heavy atom. The van der Waals surface area contributed by atoms with Crippen molar-refractivity contribution in [1.29, 1.82) is 0 Å². The number of nitrogens with zero attached hydrogens (tertiary/aromatic N) is 4. The third-order valence-corrected chi connectivity index (χ3v) is 4.18. The third kappa shape index (κ3) is 2.72. The molecule has 1 atom stereocenters. The molecular weight excluding hydrogens is 279 g/mol. The Kier molecular flexibility index (Phi) is 3.52. The monoisotopic (exact) mass is 292 g/mol. The Morgan fingerprint density at radius 1 is 1.40 bits per heavy atom. The summed E-state index contributed by atoms with van der Waals surface area (Å²) >= 11 is 1.34. The quantitative estimate of drug-likeness (QED) is 0.626. The zero-order valence-corrected chi connectivity index (χ0v) is 11.7. The lowest BCUT2D eigenvalue weighted by Gasteiger charge is -2.09. The molecule has 0 bridgehead atoms. The zero-order valence-electron chi connectivity index (χ0n) is 10.9. The number of hydrogen-bond donors (Lipinski definition) is 0. The first-order valence-electron chi connectivity index (χ1n) is 6.39. The van der Waals surface area contributed by atoms with E-state index in [1.807, 2.05) is 6.92 Å². The van der Waals surface area contributed by atoms with Crippen molar-refractivity contribution in [3.8, 4) is 0 Å². The van der Waals surface area contributed by atoms with Gasteiger partial charge in [0.1, 0.15) is 5.82 Å². The molecule has 0 aliphatic heterocycles. The minimum atomic E-state index is -0.348. The molecule has 7 heteroatoms. The lowest BCUT2D eigenvalue weighted by atomic mass is 10.1. The number of rotatable bonds is 5. The SMILES string of the molecule is CC(Sc1nnnn1C1CC1)C(=O)c1ccc(F)cc1. The van der Waals surface area contributed by atoms with E-state index in [1.165, 1.54) is 36.0 Å². The highest BCUT2D eigenvalue weighted by Gasteiger charge is 2.29. The van der Waals surface area contributed by atoms with Gasteiger partial charge < -0.3 is 0 Å². The number of benzene rings is 1. The second-order valence-electron chi connectivity index (χ2n) is 4.77. The number of aromatic nitrogens is 4. The second-order valence-corrected chi connectivity index (χ2v) is 6.08. The Balaban J connectivity index is 1.72. The molecule has 1 saturated carbocycles. The number of halogens is 1. The molecule has 2 aromatic rings. The van der Waals surface area contributed by atoms with Gasteiger partial charge in [0.05, 0.1) is 11.3 Å². The van der Waals surface area contributed by atoms with Gasteiger partial charge in [0.25, 0.3) is 0 Å². The van der Waals surface area contributed by atoms with Crippen LogP contribution in [0.2, 0.25) is 0 Å². The molecule has 1 aliphatic rings. The Bertz CT molecular complexity index is 624. The fraction of sp³-hybridized carbons (Fsp3) is 0.385. The highest BCUT2D eigenvalue weighted by atomic mass is 32.2. The average Bonchev–Trinajstić information content (AvgIpc) is 3.19. The summed E-state index contributed by atoms with van der Waals surface area (Å²) < 4.78 is 14.6. The van der Waals surface area contributed by atoms with Crippen molar-refractivity contribution in [3.63, 3.8) is 0 Å². The van der Waals surface area contributed by atoms with E-state index in [-0.39, 0.29) is 16.9 Å². The van der Waals surface area contributed by atoms with Gasteiger partial charge in [-0.3, -0.25) is 4.79 Å². The molecule has 0 radical (unpaired) electrons. The summed E-state index contributed by atoms with van der Waals surface area (Å²) in [5.74, 6) is -0.403. The molecule has 0 spiro atoms. The first kappa shape index (κ1) is 13.2. The highest BCUT2D eigenvalue weighted by molar-refractivity contribution is 8.00. The van der Waals surface area contributed by atoms with Gasteiger partial charge in [-0.15, -0.1) is 5.10 Å².